The lowest BCUT2D eigenvalue weighted by atomic mass is 10.0. The van der Waals surface area contributed by atoms with E-state index < -0.39 is 21.5 Å². The SMILES string of the molecule is CC(C)(C)OC(=O)NCCOc1cc(CNC2CC2)cc(-c2cccc(S(C)(=O)=O)c2)c1. The van der Waals surface area contributed by atoms with Crippen molar-refractivity contribution in [1.82, 2.24) is 10.6 Å². The van der Waals surface area contributed by atoms with Gasteiger partial charge in [-0.15, -0.1) is 0 Å². The van der Waals surface area contributed by atoms with E-state index >= 15 is 0 Å². The molecule has 0 aliphatic heterocycles. The number of sulfone groups is 1. The van der Waals surface area contributed by atoms with E-state index in [1.807, 2.05) is 45.0 Å². The molecular weight excluding hydrogens is 428 g/mol. The molecule has 1 aliphatic carbocycles. The van der Waals surface area contributed by atoms with E-state index in [1.54, 1.807) is 18.2 Å². The summed E-state index contributed by atoms with van der Waals surface area (Å²) in [4.78, 5) is 12.1. The van der Waals surface area contributed by atoms with Gasteiger partial charge in [-0.1, -0.05) is 12.1 Å². The molecule has 1 aliphatic rings. The smallest absolute Gasteiger partial charge is 0.407 e. The van der Waals surface area contributed by atoms with Crippen LogP contribution in [0.2, 0.25) is 0 Å². The summed E-state index contributed by atoms with van der Waals surface area (Å²) >= 11 is 0. The van der Waals surface area contributed by atoms with Gasteiger partial charge in [-0.25, -0.2) is 13.2 Å². The second-order valence-corrected chi connectivity index (χ2v) is 11.1. The molecule has 0 heterocycles. The van der Waals surface area contributed by atoms with Gasteiger partial charge in [0.05, 0.1) is 11.4 Å². The molecular formula is C24H32N2O5S. The minimum atomic E-state index is -3.30. The highest BCUT2D eigenvalue weighted by Gasteiger charge is 2.20. The molecule has 174 valence electrons. The van der Waals surface area contributed by atoms with E-state index in [-0.39, 0.29) is 11.5 Å². The Morgan fingerprint density at radius 2 is 1.84 bits per heavy atom. The highest BCUT2D eigenvalue weighted by atomic mass is 32.2. The fraction of sp³-hybridized carbons (Fsp3) is 0.458. The van der Waals surface area contributed by atoms with E-state index in [9.17, 15) is 13.2 Å². The van der Waals surface area contributed by atoms with E-state index in [1.165, 1.54) is 19.1 Å². The van der Waals surface area contributed by atoms with Gasteiger partial charge in [0.2, 0.25) is 0 Å². The van der Waals surface area contributed by atoms with Crippen LogP contribution in [0.1, 0.15) is 39.2 Å². The zero-order valence-electron chi connectivity index (χ0n) is 19.1. The second kappa shape index (κ2) is 9.92. The van der Waals surface area contributed by atoms with E-state index in [0.717, 1.165) is 16.7 Å². The van der Waals surface area contributed by atoms with Crippen LogP contribution in [0.4, 0.5) is 4.79 Å². The summed E-state index contributed by atoms with van der Waals surface area (Å²) in [6.45, 7) is 6.72. The van der Waals surface area contributed by atoms with Crippen molar-refractivity contribution in [2.45, 2.75) is 56.7 Å². The third kappa shape index (κ3) is 7.84. The highest BCUT2D eigenvalue weighted by Crippen LogP contribution is 2.29. The zero-order valence-corrected chi connectivity index (χ0v) is 19.9. The topological polar surface area (TPSA) is 93.7 Å². The molecule has 32 heavy (non-hydrogen) atoms. The molecule has 0 unspecified atom stereocenters. The molecule has 0 atom stereocenters. The molecule has 2 N–H and O–H groups in total. The molecule has 0 spiro atoms. The minimum absolute atomic E-state index is 0.278. The summed E-state index contributed by atoms with van der Waals surface area (Å²) in [6, 6.07) is 13.4. The van der Waals surface area contributed by atoms with Crippen LogP contribution in [-0.2, 0) is 21.1 Å². The molecule has 0 bridgehead atoms. The van der Waals surface area contributed by atoms with Crippen molar-refractivity contribution in [2.75, 3.05) is 19.4 Å². The lowest BCUT2D eigenvalue weighted by molar-refractivity contribution is 0.0520. The van der Waals surface area contributed by atoms with Crippen LogP contribution >= 0.6 is 0 Å². The first-order valence-corrected chi connectivity index (χ1v) is 12.7. The first kappa shape index (κ1) is 24.1. The Hall–Kier alpha value is -2.58. The monoisotopic (exact) mass is 460 g/mol. The van der Waals surface area contributed by atoms with Crippen LogP contribution in [0.25, 0.3) is 11.1 Å². The first-order valence-electron chi connectivity index (χ1n) is 10.8. The molecule has 1 amide bonds. The predicted octanol–water partition coefficient (Wildman–Crippen LogP) is 3.91. The van der Waals surface area contributed by atoms with E-state index in [2.05, 4.69) is 10.6 Å². The maximum absolute atomic E-state index is 12.0. The van der Waals surface area contributed by atoms with Gasteiger partial charge in [0.25, 0.3) is 0 Å². The summed E-state index contributed by atoms with van der Waals surface area (Å²) in [7, 11) is -3.30. The maximum Gasteiger partial charge on any atom is 0.407 e. The number of nitrogens with one attached hydrogen (secondary N) is 2. The van der Waals surface area contributed by atoms with Crippen LogP contribution in [0.15, 0.2) is 47.4 Å². The average molecular weight is 461 g/mol. The molecule has 1 fully saturated rings. The number of carbonyl (C=O) groups excluding carboxylic acids is 1. The first-order chi connectivity index (χ1) is 15.0. The van der Waals surface area contributed by atoms with Crippen molar-refractivity contribution in [1.29, 1.82) is 0 Å². The van der Waals surface area contributed by atoms with Gasteiger partial charge in [-0.2, -0.15) is 0 Å². The number of rotatable bonds is 9. The fourth-order valence-electron chi connectivity index (χ4n) is 3.10. The molecule has 7 nitrogen and oxygen atoms in total. The zero-order chi connectivity index (χ0) is 23.4. The van der Waals surface area contributed by atoms with Gasteiger partial charge in [0.15, 0.2) is 9.84 Å². The lowest BCUT2D eigenvalue weighted by Gasteiger charge is -2.19. The Morgan fingerprint density at radius 3 is 2.50 bits per heavy atom. The fourth-order valence-corrected chi connectivity index (χ4v) is 3.77. The van der Waals surface area contributed by atoms with Crippen LogP contribution in [-0.4, -0.2) is 45.6 Å². The number of benzene rings is 2. The Kier molecular flexibility index (Phi) is 7.46. The Balaban J connectivity index is 1.72. The Morgan fingerprint density at radius 1 is 1.09 bits per heavy atom. The molecule has 0 aromatic heterocycles. The number of carbonyl (C=O) groups is 1. The number of hydrogen-bond acceptors (Lipinski definition) is 6. The van der Waals surface area contributed by atoms with Crippen molar-refractivity contribution >= 4 is 15.9 Å². The van der Waals surface area contributed by atoms with Gasteiger partial charge in [-0.3, -0.25) is 0 Å². The van der Waals surface area contributed by atoms with Crippen molar-refractivity contribution in [3.8, 4) is 16.9 Å². The largest absolute Gasteiger partial charge is 0.492 e. The van der Waals surface area contributed by atoms with Crippen LogP contribution in [0.5, 0.6) is 5.75 Å². The average Bonchev–Trinajstić information content (AvgIpc) is 3.52. The van der Waals surface area contributed by atoms with E-state index in [4.69, 9.17) is 9.47 Å². The van der Waals surface area contributed by atoms with E-state index in [0.29, 0.717) is 24.9 Å². The van der Waals surface area contributed by atoms with Crippen molar-refractivity contribution < 1.29 is 22.7 Å². The Labute approximate surface area is 190 Å². The minimum Gasteiger partial charge on any atom is -0.492 e. The second-order valence-electron chi connectivity index (χ2n) is 9.10. The van der Waals surface area contributed by atoms with Crippen LogP contribution < -0.4 is 15.4 Å². The summed E-state index contributed by atoms with van der Waals surface area (Å²) in [5, 5.41) is 6.17. The van der Waals surface area contributed by atoms with Gasteiger partial charge in [-0.05, 0) is 80.6 Å². The van der Waals surface area contributed by atoms with Crippen LogP contribution in [0.3, 0.4) is 0 Å². The number of amides is 1. The van der Waals surface area contributed by atoms with Crippen molar-refractivity contribution in [3.05, 3.63) is 48.0 Å². The maximum atomic E-state index is 12.0. The summed E-state index contributed by atoms with van der Waals surface area (Å²) < 4.78 is 35.1. The van der Waals surface area contributed by atoms with Gasteiger partial charge in [0.1, 0.15) is 18.0 Å². The van der Waals surface area contributed by atoms with Crippen LogP contribution in [0, 0.1) is 0 Å². The van der Waals surface area contributed by atoms with Gasteiger partial charge in [0, 0.05) is 18.8 Å². The molecule has 1 saturated carbocycles. The molecule has 2 aromatic rings. The third-order valence-electron chi connectivity index (χ3n) is 4.77. The predicted molar refractivity (Wildman–Crippen MR) is 125 cm³/mol. The lowest BCUT2D eigenvalue weighted by Crippen LogP contribution is -2.34. The molecule has 3 rings (SSSR count). The number of alkyl carbamates (subject to hydrolysis) is 1. The highest BCUT2D eigenvalue weighted by molar-refractivity contribution is 7.90. The third-order valence-corrected chi connectivity index (χ3v) is 5.88. The quantitative estimate of drug-likeness (QED) is 0.551. The summed E-state index contributed by atoms with van der Waals surface area (Å²) in [6.07, 6.45) is 3.10. The molecule has 0 saturated heterocycles. The number of hydrogen-bond donors (Lipinski definition) is 2. The van der Waals surface area contributed by atoms with Crippen molar-refractivity contribution in [2.24, 2.45) is 0 Å². The van der Waals surface area contributed by atoms with Crippen molar-refractivity contribution in [3.63, 3.8) is 0 Å². The standard InChI is InChI=1S/C24H32N2O5S/c1-24(2,3)31-23(27)25-10-11-30-21-13-17(16-26-20-8-9-20)12-19(14-21)18-6-5-7-22(15-18)32(4,28)29/h5-7,12-15,20,26H,8-11,16H2,1-4H3,(H,25,27). The van der Waals surface area contributed by atoms with Gasteiger partial charge >= 0.3 is 6.09 Å². The van der Waals surface area contributed by atoms with Gasteiger partial charge < -0.3 is 20.1 Å². The Bertz CT molecular complexity index is 1060. The summed E-state index contributed by atoms with van der Waals surface area (Å²) in [5.74, 6) is 0.658. The molecule has 8 heteroatoms. The molecule has 2 aromatic carbocycles. The molecule has 0 radical (unpaired) electrons. The normalized spacial score (nSPS) is 14.1. The summed E-state index contributed by atoms with van der Waals surface area (Å²) in [5.41, 5.74) is 2.18. The number of ether oxygens (including phenoxy) is 2.